The van der Waals surface area contributed by atoms with Crippen LogP contribution < -0.4 is 10.1 Å². The number of nitrogens with zero attached hydrogens (tertiary/aromatic N) is 3. The molecule has 0 amide bonds. The minimum atomic E-state index is 0.146. The maximum Gasteiger partial charge on any atom is 0.137 e. The van der Waals surface area contributed by atoms with Crippen LogP contribution in [0.15, 0.2) is 42.5 Å². The van der Waals surface area contributed by atoms with E-state index in [2.05, 4.69) is 32.2 Å². The van der Waals surface area contributed by atoms with Gasteiger partial charge in [-0.05, 0) is 55.8 Å². The van der Waals surface area contributed by atoms with Crippen molar-refractivity contribution in [1.29, 1.82) is 0 Å². The normalized spacial score (nSPS) is 15.9. The number of benzene rings is 2. The molecule has 2 aromatic carbocycles. The lowest BCUT2D eigenvalue weighted by molar-refractivity contribution is 0.414. The molecule has 128 valence electrons. The lowest BCUT2D eigenvalue weighted by atomic mass is 10.0. The van der Waals surface area contributed by atoms with Gasteiger partial charge in [0, 0.05) is 22.7 Å². The van der Waals surface area contributed by atoms with Gasteiger partial charge in [0.05, 0.1) is 18.8 Å². The standard InChI is InChI=1S/C19H19ClN4O/c1-12-22-23-19-10-8-17(21-14-5-3-13(20)4-6-14)16-11-15(25-2)7-9-18(16)24(12)19/h3-7,9,11,17,21H,8,10H2,1-2H3. The summed E-state index contributed by atoms with van der Waals surface area (Å²) in [7, 11) is 1.69. The molecule has 2 heterocycles. The van der Waals surface area contributed by atoms with Gasteiger partial charge in [0.2, 0.25) is 0 Å². The largest absolute Gasteiger partial charge is 0.497 e. The van der Waals surface area contributed by atoms with Crippen molar-refractivity contribution in [2.45, 2.75) is 25.8 Å². The molecule has 0 radical (unpaired) electrons. The van der Waals surface area contributed by atoms with Crippen LogP contribution in [-0.4, -0.2) is 21.9 Å². The van der Waals surface area contributed by atoms with Gasteiger partial charge in [0.15, 0.2) is 0 Å². The Labute approximate surface area is 151 Å². The molecule has 1 aliphatic heterocycles. The van der Waals surface area contributed by atoms with Crippen LogP contribution in [0.3, 0.4) is 0 Å². The SMILES string of the molecule is COc1ccc2c(c1)C(Nc1ccc(Cl)cc1)CCc1nnc(C)n1-2. The van der Waals surface area contributed by atoms with E-state index in [9.17, 15) is 0 Å². The zero-order valence-corrected chi connectivity index (χ0v) is 14.9. The van der Waals surface area contributed by atoms with Crippen LogP contribution in [0.5, 0.6) is 5.75 Å². The lowest BCUT2D eigenvalue weighted by Gasteiger charge is -2.21. The quantitative estimate of drug-likeness (QED) is 0.760. The molecule has 6 heteroatoms. The molecule has 0 saturated heterocycles. The first-order chi connectivity index (χ1) is 12.2. The predicted molar refractivity (Wildman–Crippen MR) is 98.8 cm³/mol. The summed E-state index contributed by atoms with van der Waals surface area (Å²) in [4.78, 5) is 0. The Balaban J connectivity index is 1.79. The van der Waals surface area contributed by atoms with Gasteiger partial charge in [0.25, 0.3) is 0 Å². The van der Waals surface area contributed by atoms with Gasteiger partial charge in [-0.1, -0.05) is 11.6 Å². The van der Waals surface area contributed by atoms with Crippen molar-refractivity contribution in [3.8, 4) is 11.4 Å². The Hall–Kier alpha value is -2.53. The van der Waals surface area contributed by atoms with Crippen molar-refractivity contribution in [2.75, 3.05) is 12.4 Å². The number of aryl methyl sites for hydroxylation is 2. The van der Waals surface area contributed by atoms with Crippen LogP contribution in [0.1, 0.15) is 29.7 Å². The second-order valence-corrected chi connectivity index (χ2v) is 6.60. The van der Waals surface area contributed by atoms with Crippen LogP contribution in [0.2, 0.25) is 5.02 Å². The predicted octanol–water partition coefficient (Wildman–Crippen LogP) is 4.34. The van der Waals surface area contributed by atoms with Crippen molar-refractivity contribution in [1.82, 2.24) is 14.8 Å². The third-order valence-electron chi connectivity index (χ3n) is 4.58. The highest BCUT2D eigenvalue weighted by Gasteiger charge is 2.25. The van der Waals surface area contributed by atoms with E-state index in [-0.39, 0.29) is 6.04 Å². The van der Waals surface area contributed by atoms with Crippen LogP contribution >= 0.6 is 11.6 Å². The van der Waals surface area contributed by atoms with Gasteiger partial charge in [-0.25, -0.2) is 0 Å². The minimum Gasteiger partial charge on any atom is -0.497 e. The van der Waals surface area contributed by atoms with E-state index in [1.54, 1.807) is 7.11 Å². The first kappa shape index (κ1) is 16.0. The molecule has 1 aliphatic rings. The molecule has 1 unspecified atom stereocenters. The molecule has 3 aromatic rings. The van der Waals surface area contributed by atoms with Gasteiger partial charge >= 0.3 is 0 Å². The third-order valence-corrected chi connectivity index (χ3v) is 4.84. The summed E-state index contributed by atoms with van der Waals surface area (Å²) in [5.74, 6) is 2.73. The monoisotopic (exact) mass is 354 g/mol. The van der Waals surface area contributed by atoms with Crippen LogP contribution in [-0.2, 0) is 6.42 Å². The summed E-state index contributed by atoms with van der Waals surface area (Å²) in [6, 6.07) is 14.1. The Morgan fingerprint density at radius 2 is 1.96 bits per heavy atom. The molecule has 25 heavy (non-hydrogen) atoms. The van der Waals surface area contributed by atoms with E-state index >= 15 is 0 Å². The molecule has 0 spiro atoms. The minimum absolute atomic E-state index is 0.146. The van der Waals surface area contributed by atoms with E-state index in [4.69, 9.17) is 16.3 Å². The second kappa shape index (κ2) is 6.41. The van der Waals surface area contributed by atoms with Crippen molar-refractivity contribution in [3.63, 3.8) is 0 Å². The second-order valence-electron chi connectivity index (χ2n) is 6.17. The van der Waals surface area contributed by atoms with Gasteiger partial charge < -0.3 is 10.1 Å². The highest BCUT2D eigenvalue weighted by atomic mass is 35.5. The average molecular weight is 355 g/mol. The number of rotatable bonds is 3. The van der Waals surface area contributed by atoms with Gasteiger partial charge in [-0.2, -0.15) is 0 Å². The molecule has 1 aromatic heterocycles. The maximum absolute atomic E-state index is 6.00. The number of methoxy groups -OCH3 is 1. The van der Waals surface area contributed by atoms with Crippen LogP contribution in [0.25, 0.3) is 5.69 Å². The topological polar surface area (TPSA) is 52.0 Å². The molecular weight excluding hydrogens is 336 g/mol. The summed E-state index contributed by atoms with van der Waals surface area (Å²) in [5, 5.41) is 12.9. The highest BCUT2D eigenvalue weighted by molar-refractivity contribution is 6.30. The molecule has 0 fully saturated rings. The van der Waals surface area contributed by atoms with E-state index in [1.807, 2.05) is 37.3 Å². The molecular formula is C19H19ClN4O. The third kappa shape index (κ3) is 2.96. The van der Waals surface area contributed by atoms with Crippen molar-refractivity contribution < 1.29 is 4.74 Å². The molecule has 0 aliphatic carbocycles. The number of aromatic nitrogens is 3. The smallest absolute Gasteiger partial charge is 0.137 e. The molecule has 0 saturated carbocycles. The Kier molecular flexibility index (Phi) is 4.09. The Bertz CT molecular complexity index is 904. The summed E-state index contributed by atoms with van der Waals surface area (Å²) < 4.78 is 7.59. The number of ether oxygens (including phenoxy) is 1. The molecule has 1 N–H and O–H groups in total. The zero-order valence-electron chi connectivity index (χ0n) is 14.2. The van der Waals surface area contributed by atoms with Crippen molar-refractivity contribution >= 4 is 17.3 Å². The average Bonchev–Trinajstić information content (AvgIpc) is 2.92. The van der Waals surface area contributed by atoms with E-state index < -0.39 is 0 Å². The first-order valence-electron chi connectivity index (χ1n) is 8.27. The first-order valence-corrected chi connectivity index (χ1v) is 8.65. The van der Waals surface area contributed by atoms with Crippen LogP contribution in [0.4, 0.5) is 5.69 Å². The summed E-state index contributed by atoms with van der Waals surface area (Å²) >= 11 is 6.00. The fourth-order valence-electron chi connectivity index (χ4n) is 3.35. The summed E-state index contributed by atoms with van der Waals surface area (Å²) in [6.45, 7) is 1.98. The Morgan fingerprint density at radius 1 is 1.16 bits per heavy atom. The van der Waals surface area contributed by atoms with E-state index in [0.717, 1.165) is 46.6 Å². The molecule has 5 nitrogen and oxygen atoms in total. The van der Waals surface area contributed by atoms with E-state index in [1.165, 1.54) is 5.56 Å². The fourth-order valence-corrected chi connectivity index (χ4v) is 3.48. The van der Waals surface area contributed by atoms with E-state index in [0.29, 0.717) is 0 Å². The van der Waals surface area contributed by atoms with Gasteiger partial charge in [0.1, 0.15) is 17.4 Å². The summed E-state index contributed by atoms with van der Waals surface area (Å²) in [6.07, 6.45) is 1.77. The molecule has 4 rings (SSSR count). The van der Waals surface area contributed by atoms with Crippen LogP contribution in [0, 0.1) is 6.92 Å². The number of hydrogen-bond donors (Lipinski definition) is 1. The van der Waals surface area contributed by atoms with Crippen molar-refractivity contribution in [2.24, 2.45) is 0 Å². The van der Waals surface area contributed by atoms with Gasteiger partial charge in [-0.3, -0.25) is 4.57 Å². The van der Waals surface area contributed by atoms with Gasteiger partial charge in [-0.15, -0.1) is 10.2 Å². The summed E-state index contributed by atoms with van der Waals surface area (Å²) in [5.41, 5.74) is 3.32. The number of nitrogens with one attached hydrogen (secondary N) is 1. The molecule has 1 atom stereocenters. The number of halogens is 1. The number of hydrogen-bond acceptors (Lipinski definition) is 4. The molecule has 0 bridgehead atoms. The number of fused-ring (bicyclic) bond motifs is 3. The zero-order chi connectivity index (χ0) is 17.4. The van der Waals surface area contributed by atoms with Crippen molar-refractivity contribution in [3.05, 3.63) is 64.7 Å². The fraction of sp³-hybridized carbons (Fsp3) is 0.263. The lowest BCUT2D eigenvalue weighted by Crippen LogP contribution is -2.12. The number of anilines is 1. The Morgan fingerprint density at radius 3 is 2.72 bits per heavy atom. The highest BCUT2D eigenvalue weighted by Crippen LogP contribution is 2.35. The maximum atomic E-state index is 6.00.